The van der Waals surface area contributed by atoms with Gasteiger partial charge in [-0.1, -0.05) is 23.4 Å². The van der Waals surface area contributed by atoms with Crippen LogP contribution in [0.25, 0.3) is 0 Å². The maximum absolute atomic E-state index is 13.4. The molecule has 31 heavy (non-hydrogen) atoms. The average molecular weight is 465 g/mol. The summed E-state index contributed by atoms with van der Waals surface area (Å²) in [6.07, 6.45) is 5.14. The zero-order chi connectivity index (χ0) is 22.0. The average Bonchev–Trinajstić information content (AvgIpc) is 3.40. The number of carbonyl (C=O) groups is 2. The summed E-state index contributed by atoms with van der Waals surface area (Å²) >= 11 is 7.11. The molecule has 0 aliphatic carbocycles. The number of piperidine rings is 1. The molecule has 8 nitrogen and oxygen atoms in total. The largest absolute Gasteiger partial charge is 0.364 e. The maximum Gasteiger partial charge on any atom is 0.265 e. The van der Waals surface area contributed by atoms with Gasteiger partial charge in [0.15, 0.2) is 5.50 Å². The lowest BCUT2D eigenvalue weighted by molar-refractivity contribution is -0.116. The molecular weight excluding hydrogens is 443 g/mol. The number of aromatic nitrogens is 2. The summed E-state index contributed by atoms with van der Waals surface area (Å²) in [5.74, 6) is -0.615. The summed E-state index contributed by atoms with van der Waals surface area (Å²) in [5.41, 5.74) is 5.74. The van der Waals surface area contributed by atoms with E-state index in [-0.39, 0.29) is 16.6 Å². The third-order valence-electron chi connectivity index (χ3n) is 5.41. The lowest BCUT2D eigenvalue weighted by Gasteiger charge is -2.40. The van der Waals surface area contributed by atoms with Gasteiger partial charge < -0.3 is 20.9 Å². The van der Waals surface area contributed by atoms with Gasteiger partial charge in [-0.2, -0.15) is 0 Å². The van der Waals surface area contributed by atoms with Gasteiger partial charge in [0, 0.05) is 42.5 Å². The number of hydrogen-bond donors (Lipinski definition) is 3. The molecule has 2 aliphatic heterocycles. The number of imidazole rings is 1. The van der Waals surface area contributed by atoms with Gasteiger partial charge in [-0.25, -0.2) is 9.37 Å². The van der Waals surface area contributed by atoms with Crippen LogP contribution in [-0.4, -0.2) is 56.2 Å². The van der Waals surface area contributed by atoms with Crippen molar-refractivity contribution in [2.24, 2.45) is 5.73 Å². The Balaban J connectivity index is 1.43. The van der Waals surface area contributed by atoms with E-state index in [1.165, 1.54) is 23.9 Å². The molecule has 1 aromatic heterocycles. The number of benzene rings is 1. The first kappa shape index (κ1) is 21.7. The summed E-state index contributed by atoms with van der Waals surface area (Å²) < 4.78 is 13.4. The van der Waals surface area contributed by atoms with E-state index in [1.807, 2.05) is 4.90 Å². The molecule has 0 radical (unpaired) electrons. The van der Waals surface area contributed by atoms with Crippen molar-refractivity contribution in [2.75, 3.05) is 13.1 Å². The van der Waals surface area contributed by atoms with E-state index in [0.717, 1.165) is 44.4 Å². The van der Waals surface area contributed by atoms with E-state index in [9.17, 15) is 14.0 Å². The van der Waals surface area contributed by atoms with E-state index in [1.54, 1.807) is 17.8 Å². The van der Waals surface area contributed by atoms with E-state index in [4.69, 9.17) is 17.3 Å². The first-order valence-corrected chi connectivity index (χ1v) is 11.1. The number of amides is 2. The minimum atomic E-state index is -0.589. The number of hydrogen-bond acceptors (Lipinski definition) is 6. The number of nitrogens with one attached hydrogen (secondary N) is 2. The smallest absolute Gasteiger partial charge is 0.265 e. The number of thioether (sulfide) groups is 1. The predicted molar refractivity (Wildman–Crippen MR) is 116 cm³/mol. The van der Waals surface area contributed by atoms with Crippen molar-refractivity contribution in [1.82, 2.24) is 25.1 Å². The summed E-state index contributed by atoms with van der Waals surface area (Å²) in [4.78, 5) is 36.3. The Morgan fingerprint density at radius 3 is 2.77 bits per heavy atom. The van der Waals surface area contributed by atoms with Gasteiger partial charge in [0.25, 0.3) is 11.8 Å². The van der Waals surface area contributed by atoms with Crippen molar-refractivity contribution in [3.63, 3.8) is 0 Å². The van der Waals surface area contributed by atoms with Gasteiger partial charge in [0.1, 0.15) is 17.3 Å². The third-order valence-corrected chi connectivity index (χ3v) is 6.66. The molecule has 2 aromatic rings. The van der Waals surface area contributed by atoms with Crippen LogP contribution >= 0.6 is 23.4 Å². The Morgan fingerprint density at radius 1 is 1.35 bits per heavy atom. The number of halogens is 2. The van der Waals surface area contributed by atoms with Crippen LogP contribution in [0.4, 0.5) is 4.39 Å². The molecular formula is C20H22ClFN6O2S. The molecule has 164 valence electrons. The highest BCUT2D eigenvalue weighted by atomic mass is 35.5. The minimum Gasteiger partial charge on any atom is -0.364 e. The van der Waals surface area contributed by atoms with Crippen LogP contribution in [0.5, 0.6) is 0 Å². The fraction of sp³-hybridized carbons (Fsp3) is 0.350. The second-order valence-electron chi connectivity index (χ2n) is 7.41. The second kappa shape index (κ2) is 9.29. The summed E-state index contributed by atoms with van der Waals surface area (Å²) in [6.45, 7) is 2.39. The number of nitrogens with two attached hydrogens (primary N) is 1. The van der Waals surface area contributed by atoms with E-state index in [0.29, 0.717) is 5.70 Å². The molecule has 1 fully saturated rings. The lowest BCUT2D eigenvalue weighted by Crippen LogP contribution is -2.52. The van der Waals surface area contributed by atoms with Crippen LogP contribution in [0.2, 0.25) is 5.02 Å². The summed E-state index contributed by atoms with van der Waals surface area (Å²) in [6, 6.07) is 3.85. The fourth-order valence-corrected chi connectivity index (χ4v) is 5.11. The Labute approximate surface area is 188 Å². The monoisotopic (exact) mass is 464 g/mol. The van der Waals surface area contributed by atoms with Gasteiger partial charge in [-0.15, -0.1) is 0 Å². The number of nitrogens with zero attached hydrogens (tertiary/aromatic N) is 3. The van der Waals surface area contributed by atoms with Crippen LogP contribution in [0.1, 0.15) is 29.0 Å². The Morgan fingerprint density at radius 2 is 2.13 bits per heavy atom. The van der Waals surface area contributed by atoms with Crippen molar-refractivity contribution < 1.29 is 14.0 Å². The van der Waals surface area contributed by atoms with Crippen LogP contribution in [0.3, 0.4) is 0 Å². The van der Waals surface area contributed by atoms with Gasteiger partial charge in [0.2, 0.25) is 0 Å². The van der Waals surface area contributed by atoms with Gasteiger partial charge in [-0.05, 0) is 31.0 Å². The summed E-state index contributed by atoms with van der Waals surface area (Å²) in [5, 5.41) is 4.46. The molecule has 1 saturated heterocycles. The number of carbonyl (C=O) groups excluding carboxylic acids is 2. The molecule has 0 saturated carbocycles. The van der Waals surface area contributed by atoms with Crippen molar-refractivity contribution in [1.29, 1.82) is 0 Å². The van der Waals surface area contributed by atoms with Gasteiger partial charge in [0.05, 0.1) is 11.6 Å². The first-order chi connectivity index (χ1) is 14.9. The SMILES string of the molecule is NC(=O)C1=CSC(NC(=O)c2ccc(F)c(Cl)c2)N1C1CCN(Cc2ncc[nH]2)CC1. The number of H-pyrrole nitrogens is 1. The normalized spacial score (nSPS) is 20.0. The standard InChI is InChI=1S/C20H22ClFN6O2S/c21-14-9-12(1-2-15(14)22)19(30)26-20-28(16(11-31-20)18(23)29)13-3-7-27(8-4-13)10-17-24-5-6-25-17/h1-2,5-6,9,11,13,20H,3-4,7-8,10H2,(H2,23,29)(H,24,25)(H,26,30). The number of primary amides is 1. The molecule has 1 aromatic carbocycles. The van der Waals surface area contributed by atoms with Gasteiger partial charge in [-0.3, -0.25) is 14.5 Å². The highest BCUT2D eigenvalue weighted by Gasteiger charge is 2.37. The lowest BCUT2D eigenvalue weighted by atomic mass is 10.0. The molecule has 2 aliphatic rings. The molecule has 0 bridgehead atoms. The molecule has 1 atom stereocenters. The number of aromatic amines is 1. The minimum absolute atomic E-state index is 0.0451. The first-order valence-electron chi connectivity index (χ1n) is 9.82. The topological polar surface area (TPSA) is 107 Å². The van der Waals surface area contributed by atoms with Gasteiger partial charge >= 0.3 is 0 Å². The zero-order valence-electron chi connectivity index (χ0n) is 16.6. The molecule has 1 unspecified atom stereocenters. The van der Waals surface area contributed by atoms with Crippen molar-refractivity contribution in [3.05, 3.63) is 63.9 Å². The fourth-order valence-electron chi connectivity index (χ4n) is 3.84. The highest BCUT2D eigenvalue weighted by Crippen LogP contribution is 2.34. The van der Waals surface area contributed by atoms with Crippen LogP contribution in [0.15, 0.2) is 41.7 Å². The van der Waals surface area contributed by atoms with Crippen molar-refractivity contribution in [2.45, 2.75) is 30.9 Å². The Hall–Kier alpha value is -2.56. The quantitative estimate of drug-likeness (QED) is 0.605. The van der Waals surface area contributed by atoms with E-state index < -0.39 is 23.1 Å². The number of likely N-dealkylation sites (tertiary alicyclic amines) is 1. The zero-order valence-corrected chi connectivity index (χ0v) is 18.1. The Kier molecular flexibility index (Phi) is 6.49. The second-order valence-corrected chi connectivity index (χ2v) is 8.77. The van der Waals surface area contributed by atoms with Crippen LogP contribution in [-0.2, 0) is 11.3 Å². The third kappa shape index (κ3) is 4.86. The Bertz CT molecular complexity index is 994. The molecule has 4 N–H and O–H groups in total. The van der Waals surface area contributed by atoms with E-state index >= 15 is 0 Å². The molecule has 0 spiro atoms. The molecule has 2 amide bonds. The van der Waals surface area contributed by atoms with Crippen LogP contribution < -0.4 is 11.1 Å². The van der Waals surface area contributed by atoms with E-state index in [2.05, 4.69) is 20.2 Å². The maximum atomic E-state index is 13.4. The highest BCUT2D eigenvalue weighted by molar-refractivity contribution is 8.02. The van der Waals surface area contributed by atoms with Crippen molar-refractivity contribution >= 4 is 35.2 Å². The molecule has 3 heterocycles. The predicted octanol–water partition coefficient (Wildman–Crippen LogP) is 2.26. The number of rotatable bonds is 6. The van der Waals surface area contributed by atoms with Crippen LogP contribution in [0, 0.1) is 5.82 Å². The molecule has 4 rings (SSSR count). The van der Waals surface area contributed by atoms with Crippen molar-refractivity contribution in [3.8, 4) is 0 Å². The molecule has 11 heteroatoms. The summed E-state index contributed by atoms with van der Waals surface area (Å²) in [7, 11) is 0.